The summed E-state index contributed by atoms with van der Waals surface area (Å²) < 4.78 is 28.1. The molecular weight excluding hydrogens is 456 g/mol. The van der Waals surface area contributed by atoms with Crippen LogP contribution in [0.15, 0.2) is 60.1 Å². The number of fused-ring (bicyclic) bond motifs is 1. The molecule has 0 atom stereocenters. The van der Waals surface area contributed by atoms with Crippen molar-refractivity contribution in [3.63, 3.8) is 0 Å². The van der Waals surface area contributed by atoms with E-state index in [9.17, 15) is 4.79 Å². The van der Waals surface area contributed by atoms with Crippen molar-refractivity contribution < 1.29 is 28.5 Å². The number of hydrogen-bond acceptors (Lipinski definition) is 9. The lowest BCUT2D eigenvalue weighted by atomic mass is 10.2. The van der Waals surface area contributed by atoms with E-state index in [0.29, 0.717) is 39.8 Å². The van der Waals surface area contributed by atoms with Gasteiger partial charge >= 0.3 is 6.16 Å². The molecule has 176 valence electrons. The number of rotatable bonds is 9. The standard InChI is InChI=1S/C25H24N2O6S/c1-3-30-25(28)33-21-12-27-24(26)22-17(15-34-23(21)22)14-32-19-9-6-8-18(11-19)31-13-16-7-4-5-10-20(16)29-2/h4-12,15H,3,13-14H2,1-2H3,(H2,26,27). The van der Waals surface area contributed by atoms with Crippen LogP contribution in [0, 0.1) is 0 Å². The molecule has 9 heteroatoms. The first-order chi connectivity index (χ1) is 16.6. The topological polar surface area (TPSA) is 102 Å². The number of carbonyl (C=O) groups is 1. The van der Waals surface area contributed by atoms with Crippen molar-refractivity contribution in [2.24, 2.45) is 0 Å². The molecule has 2 aromatic heterocycles. The maximum atomic E-state index is 11.7. The average Bonchev–Trinajstić information content (AvgIpc) is 3.29. The molecule has 0 spiro atoms. The van der Waals surface area contributed by atoms with Crippen LogP contribution in [0.5, 0.6) is 23.0 Å². The fourth-order valence-corrected chi connectivity index (χ4v) is 4.33. The van der Waals surface area contributed by atoms with E-state index in [4.69, 9.17) is 29.4 Å². The molecule has 0 aliphatic rings. The molecule has 34 heavy (non-hydrogen) atoms. The number of carbonyl (C=O) groups excluding carboxylic acids is 1. The highest BCUT2D eigenvalue weighted by Gasteiger charge is 2.17. The summed E-state index contributed by atoms with van der Waals surface area (Å²) in [4.78, 5) is 15.9. The number of methoxy groups -OCH3 is 1. The first kappa shape index (κ1) is 23.2. The summed E-state index contributed by atoms with van der Waals surface area (Å²) >= 11 is 1.39. The van der Waals surface area contributed by atoms with Crippen molar-refractivity contribution in [1.29, 1.82) is 0 Å². The van der Waals surface area contributed by atoms with Crippen molar-refractivity contribution in [3.05, 3.63) is 71.2 Å². The number of thiophene rings is 1. The van der Waals surface area contributed by atoms with E-state index in [0.717, 1.165) is 16.9 Å². The Morgan fingerprint density at radius 2 is 1.74 bits per heavy atom. The molecule has 0 aliphatic heterocycles. The van der Waals surface area contributed by atoms with E-state index in [-0.39, 0.29) is 13.2 Å². The normalized spacial score (nSPS) is 10.6. The van der Waals surface area contributed by atoms with Crippen molar-refractivity contribution in [2.45, 2.75) is 20.1 Å². The van der Waals surface area contributed by atoms with Crippen LogP contribution >= 0.6 is 11.3 Å². The lowest BCUT2D eigenvalue weighted by molar-refractivity contribution is 0.105. The largest absolute Gasteiger partial charge is 0.513 e. The molecule has 0 saturated heterocycles. The van der Waals surface area contributed by atoms with Gasteiger partial charge in [0.05, 0.1) is 24.6 Å². The molecule has 4 rings (SSSR count). The maximum Gasteiger partial charge on any atom is 0.513 e. The SMILES string of the molecule is CCOC(=O)Oc1cnc(N)c2c(COc3cccc(OCc4ccccc4OC)c3)csc12. The summed E-state index contributed by atoms with van der Waals surface area (Å²) in [5.41, 5.74) is 7.89. The van der Waals surface area contributed by atoms with E-state index in [1.165, 1.54) is 17.5 Å². The summed E-state index contributed by atoms with van der Waals surface area (Å²) in [7, 11) is 1.63. The van der Waals surface area contributed by atoms with Gasteiger partial charge in [-0.3, -0.25) is 0 Å². The number of aromatic nitrogens is 1. The second-order valence-electron chi connectivity index (χ2n) is 7.12. The zero-order chi connectivity index (χ0) is 23.9. The number of para-hydroxylation sites is 1. The number of hydrogen-bond donors (Lipinski definition) is 1. The zero-order valence-corrected chi connectivity index (χ0v) is 19.6. The van der Waals surface area contributed by atoms with Crippen LogP contribution in [-0.2, 0) is 18.0 Å². The van der Waals surface area contributed by atoms with Crippen molar-refractivity contribution in [1.82, 2.24) is 4.98 Å². The Kier molecular flexibility index (Phi) is 7.34. The van der Waals surface area contributed by atoms with Gasteiger partial charge < -0.3 is 29.4 Å². The molecule has 0 fully saturated rings. The number of pyridine rings is 1. The van der Waals surface area contributed by atoms with Gasteiger partial charge in [-0.1, -0.05) is 24.3 Å². The molecule has 2 aromatic carbocycles. The fraction of sp³-hybridized carbons (Fsp3) is 0.200. The minimum Gasteiger partial charge on any atom is -0.496 e. The van der Waals surface area contributed by atoms with Gasteiger partial charge in [-0.05, 0) is 30.5 Å². The van der Waals surface area contributed by atoms with E-state index < -0.39 is 6.16 Å². The lowest BCUT2D eigenvalue weighted by Crippen LogP contribution is -2.10. The predicted octanol–water partition coefficient (Wildman–Crippen LogP) is 5.58. The molecule has 8 nitrogen and oxygen atoms in total. The summed E-state index contributed by atoms with van der Waals surface area (Å²) in [5.74, 6) is 2.72. The molecule has 0 unspecified atom stereocenters. The second-order valence-corrected chi connectivity index (χ2v) is 8.00. The number of nitrogens with zero attached hydrogens (tertiary/aromatic N) is 1. The number of benzene rings is 2. The summed E-state index contributed by atoms with van der Waals surface area (Å²) in [5, 5.41) is 2.60. The predicted molar refractivity (Wildman–Crippen MR) is 130 cm³/mol. The van der Waals surface area contributed by atoms with E-state index in [1.54, 1.807) is 14.0 Å². The van der Waals surface area contributed by atoms with Gasteiger partial charge in [0, 0.05) is 22.6 Å². The van der Waals surface area contributed by atoms with E-state index >= 15 is 0 Å². The van der Waals surface area contributed by atoms with Crippen LogP contribution in [-0.4, -0.2) is 24.9 Å². The highest BCUT2D eigenvalue weighted by atomic mass is 32.1. The third-order valence-corrected chi connectivity index (χ3v) is 5.95. The van der Waals surface area contributed by atoms with Gasteiger partial charge in [-0.15, -0.1) is 11.3 Å². The van der Waals surface area contributed by atoms with Gasteiger partial charge in [0.2, 0.25) is 0 Å². The highest BCUT2D eigenvalue weighted by Crippen LogP contribution is 2.37. The lowest BCUT2D eigenvalue weighted by Gasteiger charge is -2.12. The Bertz CT molecular complexity index is 1290. The van der Waals surface area contributed by atoms with Crippen molar-refractivity contribution in [3.8, 4) is 23.0 Å². The van der Waals surface area contributed by atoms with Crippen LogP contribution in [0.1, 0.15) is 18.1 Å². The Morgan fingerprint density at radius 1 is 1.00 bits per heavy atom. The number of ether oxygens (including phenoxy) is 5. The van der Waals surface area contributed by atoms with Crippen LogP contribution in [0.2, 0.25) is 0 Å². The van der Waals surface area contributed by atoms with Gasteiger partial charge in [0.15, 0.2) is 5.75 Å². The smallest absolute Gasteiger partial charge is 0.496 e. The highest BCUT2D eigenvalue weighted by molar-refractivity contribution is 7.17. The minimum absolute atomic E-state index is 0.218. The second kappa shape index (κ2) is 10.8. The van der Waals surface area contributed by atoms with Crippen molar-refractivity contribution in [2.75, 3.05) is 19.5 Å². The molecule has 0 radical (unpaired) electrons. The molecule has 0 bridgehead atoms. The molecule has 0 amide bonds. The molecule has 0 saturated carbocycles. The Labute approximate surface area is 200 Å². The van der Waals surface area contributed by atoms with Crippen LogP contribution < -0.4 is 24.7 Å². The molecule has 0 aliphatic carbocycles. The summed E-state index contributed by atoms with van der Waals surface area (Å²) in [6, 6.07) is 15.1. The number of anilines is 1. The van der Waals surface area contributed by atoms with E-state index in [1.807, 2.05) is 53.9 Å². The van der Waals surface area contributed by atoms with Crippen LogP contribution in [0.4, 0.5) is 10.6 Å². The number of nitrogen functional groups attached to an aromatic ring is 1. The maximum absolute atomic E-state index is 11.7. The van der Waals surface area contributed by atoms with Crippen molar-refractivity contribution >= 4 is 33.4 Å². The first-order valence-corrected chi connectivity index (χ1v) is 11.4. The van der Waals surface area contributed by atoms with Gasteiger partial charge in [-0.25, -0.2) is 9.78 Å². The molecule has 2 heterocycles. The monoisotopic (exact) mass is 480 g/mol. The van der Waals surface area contributed by atoms with Gasteiger partial charge in [0.1, 0.15) is 36.3 Å². The Morgan fingerprint density at radius 3 is 2.47 bits per heavy atom. The fourth-order valence-electron chi connectivity index (χ4n) is 3.32. The Balaban J connectivity index is 1.45. The van der Waals surface area contributed by atoms with Crippen LogP contribution in [0.3, 0.4) is 0 Å². The van der Waals surface area contributed by atoms with Gasteiger partial charge in [0.25, 0.3) is 0 Å². The quantitative estimate of drug-likeness (QED) is 0.310. The average molecular weight is 481 g/mol. The third-order valence-electron chi connectivity index (χ3n) is 4.91. The zero-order valence-electron chi connectivity index (χ0n) is 18.8. The van der Waals surface area contributed by atoms with Gasteiger partial charge in [-0.2, -0.15) is 0 Å². The minimum atomic E-state index is -0.786. The summed E-state index contributed by atoms with van der Waals surface area (Å²) in [6.45, 7) is 2.55. The summed E-state index contributed by atoms with van der Waals surface area (Å²) in [6.07, 6.45) is 0.629. The van der Waals surface area contributed by atoms with E-state index in [2.05, 4.69) is 4.98 Å². The number of nitrogens with two attached hydrogens (primary N) is 1. The molecular formula is C25H24N2O6S. The molecule has 4 aromatic rings. The molecule has 2 N–H and O–H groups in total. The third kappa shape index (κ3) is 5.32. The van der Waals surface area contributed by atoms with Crippen LogP contribution in [0.25, 0.3) is 10.1 Å². The Hall–Kier alpha value is -3.98. The first-order valence-electron chi connectivity index (χ1n) is 10.6.